The molecule has 30 heavy (non-hydrogen) atoms. The molecule has 4 rings (SSSR count). The average Bonchev–Trinajstić information content (AvgIpc) is 3.33. The molecule has 0 aliphatic carbocycles. The van der Waals surface area contributed by atoms with Gasteiger partial charge in [-0.1, -0.05) is 83.3 Å². The molecule has 0 bridgehead atoms. The van der Waals surface area contributed by atoms with E-state index in [9.17, 15) is 9.59 Å². The summed E-state index contributed by atoms with van der Waals surface area (Å²) in [4.78, 5) is 33.0. The molecule has 2 N–H and O–H groups in total. The molecule has 150 valence electrons. The number of nitrogens with one attached hydrogen (secondary N) is 2. The monoisotopic (exact) mass is 434 g/mol. The first kappa shape index (κ1) is 19.9. The third-order valence-corrected chi connectivity index (χ3v) is 6.20. The Bertz CT molecular complexity index is 1100. The van der Waals surface area contributed by atoms with Crippen LogP contribution in [0, 0.1) is 0 Å². The van der Waals surface area contributed by atoms with E-state index < -0.39 is 0 Å². The fraction of sp³-hybridized carbons (Fsp3) is 0.0909. The van der Waals surface area contributed by atoms with Crippen LogP contribution in [-0.4, -0.2) is 21.8 Å². The predicted octanol–water partition coefficient (Wildman–Crippen LogP) is 5.52. The van der Waals surface area contributed by atoms with Crippen molar-refractivity contribution < 1.29 is 9.59 Å². The van der Waals surface area contributed by atoms with Gasteiger partial charge in [-0.25, -0.2) is 9.97 Å². The summed E-state index contributed by atoms with van der Waals surface area (Å²) in [6.07, 6.45) is 0. The van der Waals surface area contributed by atoms with Crippen LogP contribution in [0.25, 0.3) is 32.5 Å². The van der Waals surface area contributed by atoms with Crippen molar-refractivity contribution in [1.82, 2.24) is 9.97 Å². The Kier molecular flexibility index (Phi) is 5.69. The minimum Gasteiger partial charge on any atom is -0.316 e. The van der Waals surface area contributed by atoms with Gasteiger partial charge >= 0.3 is 0 Å². The number of nitrogens with zero attached hydrogens (tertiary/aromatic N) is 2. The molecule has 0 fully saturated rings. The van der Waals surface area contributed by atoms with Crippen molar-refractivity contribution in [3.63, 3.8) is 0 Å². The lowest BCUT2D eigenvalue weighted by Crippen LogP contribution is -2.05. The molecule has 6 nitrogen and oxygen atoms in total. The van der Waals surface area contributed by atoms with Gasteiger partial charge in [-0.2, -0.15) is 0 Å². The third-order valence-electron chi connectivity index (χ3n) is 4.11. The Balaban J connectivity index is 1.82. The molecule has 2 aromatic carbocycles. The van der Waals surface area contributed by atoms with Gasteiger partial charge in [0.15, 0.2) is 10.0 Å². The Morgan fingerprint density at radius 2 is 1.03 bits per heavy atom. The van der Waals surface area contributed by atoms with Gasteiger partial charge in [0.1, 0.15) is 21.4 Å². The maximum Gasteiger partial charge on any atom is 0.221 e. The maximum absolute atomic E-state index is 11.7. The van der Waals surface area contributed by atoms with Gasteiger partial charge in [-0.05, 0) is 0 Å². The fourth-order valence-electron chi connectivity index (χ4n) is 2.90. The minimum absolute atomic E-state index is 0.162. The van der Waals surface area contributed by atoms with E-state index in [0.717, 1.165) is 11.1 Å². The largest absolute Gasteiger partial charge is 0.316 e. The van der Waals surface area contributed by atoms with Crippen LogP contribution >= 0.6 is 22.7 Å². The molecule has 0 aliphatic rings. The normalized spacial score (nSPS) is 10.6. The summed E-state index contributed by atoms with van der Waals surface area (Å²) in [6, 6.07) is 19.4. The Morgan fingerprint density at radius 3 is 1.37 bits per heavy atom. The van der Waals surface area contributed by atoms with E-state index in [0.29, 0.717) is 31.4 Å². The van der Waals surface area contributed by atoms with Gasteiger partial charge in [0, 0.05) is 25.0 Å². The number of carbonyl (C=O) groups is 2. The summed E-state index contributed by atoms with van der Waals surface area (Å²) in [5.41, 5.74) is 3.21. The molecule has 0 saturated heterocycles. The number of thiazole rings is 2. The number of benzene rings is 2. The molecule has 2 amide bonds. The summed E-state index contributed by atoms with van der Waals surface area (Å²) in [7, 11) is 0. The number of hydrogen-bond acceptors (Lipinski definition) is 6. The molecule has 0 radical (unpaired) electrons. The van der Waals surface area contributed by atoms with E-state index in [2.05, 4.69) is 10.6 Å². The molecule has 8 heteroatoms. The Morgan fingerprint density at radius 1 is 0.667 bits per heavy atom. The van der Waals surface area contributed by atoms with E-state index in [-0.39, 0.29) is 11.8 Å². The van der Waals surface area contributed by atoms with Crippen molar-refractivity contribution in [1.29, 1.82) is 0 Å². The molecule has 2 heterocycles. The minimum atomic E-state index is -0.162. The van der Waals surface area contributed by atoms with E-state index in [1.54, 1.807) is 0 Å². The third kappa shape index (κ3) is 4.29. The van der Waals surface area contributed by atoms with Crippen LogP contribution in [0.2, 0.25) is 0 Å². The quantitative estimate of drug-likeness (QED) is 0.433. The lowest BCUT2D eigenvalue weighted by molar-refractivity contribution is -0.115. The number of hydrogen-bond donors (Lipinski definition) is 2. The van der Waals surface area contributed by atoms with Crippen molar-refractivity contribution in [2.75, 3.05) is 10.6 Å². The van der Waals surface area contributed by atoms with E-state index in [1.807, 2.05) is 60.7 Å². The molecular weight excluding hydrogens is 416 g/mol. The zero-order chi connectivity index (χ0) is 21.1. The Labute approximate surface area is 181 Å². The first-order valence-electron chi connectivity index (χ1n) is 9.19. The molecule has 0 unspecified atom stereocenters. The molecule has 0 spiro atoms. The van der Waals surface area contributed by atoms with Crippen LogP contribution in [0.3, 0.4) is 0 Å². The molecule has 0 aliphatic heterocycles. The second-order valence-electron chi connectivity index (χ2n) is 6.49. The van der Waals surface area contributed by atoms with E-state index >= 15 is 0 Å². The van der Waals surface area contributed by atoms with Crippen LogP contribution in [0.1, 0.15) is 13.8 Å². The van der Waals surface area contributed by atoms with E-state index in [1.165, 1.54) is 36.5 Å². The number of anilines is 2. The van der Waals surface area contributed by atoms with Gasteiger partial charge in [0.2, 0.25) is 11.8 Å². The number of aromatic nitrogens is 2. The standard InChI is InChI=1S/C22H18N4O2S2/c1-13(27)23-19-17(15-9-5-3-6-10-15)25-21(29-19)22-26-18(16-11-7-4-8-12-16)20(30-22)24-14(2)28/h3-12H,1-2H3,(H,23,27)(H,24,28). The second-order valence-corrected chi connectivity index (χ2v) is 8.49. The topological polar surface area (TPSA) is 84.0 Å². The SMILES string of the molecule is CC(=O)Nc1sc(-c2nc(-c3ccccc3)c(NC(C)=O)s2)nc1-c1ccccc1. The van der Waals surface area contributed by atoms with Crippen LogP contribution in [0.5, 0.6) is 0 Å². The van der Waals surface area contributed by atoms with Gasteiger partial charge < -0.3 is 10.6 Å². The van der Waals surface area contributed by atoms with Crippen molar-refractivity contribution in [3.05, 3.63) is 60.7 Å². The van der Waals surface area contributed by atoms with Crippen molar-refractivity contribution in [3.8, 4) is 32.5 Å². The maximum atomic E-state index is 11.7. The van der Waals surface area contributed by atoms with Crippen molar-refractivity contribution >= 4 is 44.5 Å². The molecule has 0 atom stereocenters. The molecule has 2 aromatic heterocycles. The first-order chi connectivity index (χ1) is 14.5. The van der Waals surface area contributed by atoms with Gasteiger partial charge in [-0.3, -0.25) is 9.59 Å². The van der Waals surface area contributed by atoms with Gasteiger partial charge in [0.25, 0.3) is 0 Å². The highest BCUT2D eigenvalue weighted by Crippen LogP contribution is 2.43. The first-order valence-corrected chi connectivity index (χ1v) is 10.8. The highest BCUT2D eigenvalue weighted by atomic mass is 32.1. The molecule has 4 aromatic rings. The smallest absolute Gasteiger partial charge is 0.221 e. The van der Waals surface area contributed by atoms with Crippen molar-refractivity contribution in [2.24, 2.45) is 0 Å². The zero-order valence-electron chi connectivity index (χ0n) is 16.3. The summed E-state index contributed by atoms with van der Waals surface area (Å²) < 4.78 is 0. The number of carbonyl (C=O) groups excluding carboxylic acids is 2. The summed E-state index contributed by atoms with van der Waals surface area (Å²) in [5, 5.41) is 8.43. The molecular formula is C22H18N4O2S2. The molecule has 0 saturated carbocycles. The zero-order valence-corrected chi connectivity index (χ0v) is 17.9. The predicted molar refractivity (Wildman–Crippen MR) is 123 cm³/mol. The summed E-state index contributed by atoms with van der Waals surface area (Å²) >= 11 is 2.73. The van der Waals surface area contributed by atoms with E-state index in [4.69, 9.17) is 9.97 Å². The van der Waals surface area contributed by atoms with Crippen LogP contribution in [-0.2, 0) is 9.59 Å². The Hall–Kier alpha value is -3.36. The lowest BCUT2D eigenvalue weighted by Gasteiger charge is -2.01. The van der Waals surface area contributed by atoms with Crippen LogP contribution < -0.4 is 10.6 Å². The highest BCUT2D eigenvalue weighted by Gasteiger charge is 2.21. The number of amides is 2. The van der Waals surface area contributed by atoms with Crippen LogP contribution in [0.15, 0.2) is 60.7 Å². The summed E-state index contributed by atoms with van der Waals surface area (Å²) in [5.74, 6) is -0.323. The highest BCUT2D eigenvalue weighted by molar-refractivity contribution is 7.25. The van der Waals surface area contributed by atoms with Gasteiger partial charge in [0.05, 0.1) is 0 Å². The average molecular weight is 435 g/mol. The van der Waals surface area contributed by atoms with Gasteiger partial charge in [-0.15, -0.1) is 0 Å². The number of rotatable bonds is 5. The van der Waals surface area contributed by atoms with Crippen LogP contribution in [0.4, 0.5) is 10.0 Å². The fourth-order valence-corrected chi connectivity index (χ4v) is 4.98. The summed E-state index contributed by atoms with van der Waals surface area (Å²) in [6.45, 7) is 2.94. The second kappa shape index (κ2) is 8.56. The lowest BCUT2D eigenvalue weighted by atomic mass is 10.1. The van der Waals surface area contributed by atoms with Crippen molar-refractivity contribution in [2.45, 2.75) is 13.8 Å².